The lowest BCUT2D eigenvalue weighted by atomic mass is 10.1. The topological polar surface area (TPSA) is 85.6 Å². The Kier molecular flexibility index (Phi) is 4.31. The van der Waals surface area contributed by atoms with Crippen LogP contribution in [0.15, 0.2) is 29.6 Å². The quantitative estimate of drug-likeness (QED) is 0.866. The lowest BCUT2D eigenvalue weighted by Gasteiger charge is -2.26. The van der Waals surface area contributed by atoms with E-state index in [0.717, 1.165) is 0 Å². The summed E-state index contributed by atoms with van der Waals surface area (Å²) in [6, 6.07) is 3.39. The molecule has 0 saturated carbocycles. The fourth-order valence-corrected chi connectivity index (χ4v) is 3.26. The monoisotopic (exact) mass is 312 g/mol. The largest absolute Gasteiger partial charge is 0.377 e. The van der Waals surface area contributed by atoms with E-state index in [1.54, 1.807) is 26.0 Å². The molecule has 0 aliphatic rings. The van der Waals surface area contributed by atoms with E-state index in [9.17, 15) is 8.42 Å². The van der Waals surface area contributed by atoms with Crippen molar-refractivity contribution >= 4 is 15.7 Å². The standard InChI is InChI=1S/C13H20N4O3S/c1-10(2)20-9-13(3,4)16-21(18,19)12-8-14-11-6-5-7-15-17(11)12/h5-8,10,16H,9H2,1-4H3. The number of sulfonamides is 1. The van der Waals surface area contributed by atoms with Crippen LogP contribution in [-0.2, 0) is 14.8 Å². The Morgan fingerprint density at radius 3 is 2.81 bits per heavy atom. The number of nitrogens with zero attached hydrogens (tertiary/aromatic N) is 3. The molecule has 8 heteroatoms. The first-order chi connectivity index (χ1) is 9.71. The number of hydrogen-bond donors (Lipinski definition) is 1. The molecule has 0 bridgehead atoms. The van der Waals surface area contributed by atoms with Crippen LogP contribution in [0.2, 0.25) is 0 Å². The van der Waals surface area contributed by atoms with Gasteiger partial charge < -0.3 is 4.74 Å². The maximum Gasteiger partial charge on any atom is 0.260 e. The van der Waals surface area contributed by atoms with E-state index in [-0.39, 0.29) is 17.7 Å². The highest BCUT2D eigenvalue weighted by atomic mass is 32.2. The molecule has 7 nitrogen and oxygen atoms in total. The van der Waals surface area contributed by atoms with Gasteiger partial charge in [0.2, 0.25) is 0 Å². The number of hydrogen-bond acceptors (Lipinski definition) is 5. The Labute approximate surface area is 124 Å². The van der Waals surface area contributed by atoms with Crippen molar-refractivity contribution in [1.29, 1.82) is 0 Å². The van der Waals surface area contributed by atoms with E-state index in [1.807, 2.05) is 13.8 Å². The van der Waals surface area contributed by atoms with Crippen molar-refractivity contribution in [3.8, 4) is 0 Å². The third-order valence-electron chi connectivity index (χ3n) is 2.71. The van der Waals surface area contributed by atoms with Gasteiger partial charge in [0.25, 0.3) is 10.0 Å². The number of rotatable bonds is 6. The van der Waals surface area contributed by atoms with Crippen molar-refractivity contribution in [2.75, 3.05) is 6.61 Å². The fourth-order valence-electron chi connectivity index (χ4n) is 1.81. The van der Waals surface area contributed by atoms with E-state index >= 15 is 0 Å². The molecule has 0 saturated heterocycles. The highest BCUT2D eigenvalue weighted by Gasteiger charge is 2.29. The van der Waals surface area contributed by atoms with Gasteiger partial charge in [0.15, 0.2) is 10.7 Å². The van der Waals surface area contributed by atoms with E-state index in [1.165, 1.54) is 16.9 Å². The van der Waals surface area contributed by atoms with Crippen LogP contribution in [0.3, 0.4) is 0 Å². The maximum atomic E-state index is 12.5. The normalized spacial score (nSPS) is 13.2. The average Bonchev–Trinajstić information content (AvgIpc) is 2.80. The van der Waals surface area contributed by atoms with E-state index < -0.39 is 15.6 Å². The van der Waals surface area contributed by atoms with Gasteiger partial charge in [-0.2, -0.15) is 5.10 Å². The molecule has 0 fully saturated rings. The maximum absolute atomic E-state index is 12.5. The average molecular weight is 312 g/mol. The lowest BCUT2D eigenvalue weighted by Crippen LogP contribution is -2.47. The molecule has 2 aromatic rings. The van der Waals surface area contributed by atoms with Gasteiger partial charge in [-0.15, -0.1) is 0 Å². The molecule has 0 radical (unpaired) electrons. The van der Waals surface area contributed by atoms with Gasteiger partial charge in [0.05, 0.1) is 24.4 Å². The highest BCUT2D eigenvalue weighted by molar-refractivity contribution is 7.89. The summed E-state index contributed by atoms with van der Waals surface area (Å²) in [6.45, 7) is 7.61. The van der Waals surface area contributed by atoms with E-state index in [2.05, 4.69) is 14.8 Å². The summed E-state index contributed by atoms with van der Waals surface area (Å²) in [4.78, 5) is 4.04. The molecule has 0 aliphatic heterocycles. The number of imidazole rings is 1. The Balaban J connectivity index is 2.26. The Bertz CT molecular complexity index is 722. The lowest BCUT2D eigenvalue weighted by molar-refractivity contribution is 0.0451. The molecular formula is C13H20N4O3S. The Hall–Kier alpha value is -1.51. The first kappa shape index (κ1) is 15.9. The molecule has 116 valence electrons. The number of aromatic nitrogens is 3. The van der Waals surface area contributed by atoms with Crippen LogP contribution in [0.1, 0.15) is 27.7 Å². The van der Waals surface area contributed by atoms with Crippen molar-refractivity contribution in [3.05, 3.63) is 24.5 Å². The van der Waals surface area contributed by atoms with Crippen LogP contribution in [0.25, 0.3) is 5.65 Å². The van der Waals surface area contributed by atoms with E-state index in [4.69, 9.17) is 4.74 Å². The summed E-state index contributed by atoms with van der Waals surface area (Å²) in [7, 11) is -3.74. The zero-order valence-electron chi connectivity index (χ0n) is 12.6. The SMILES string of the molecule is CC(C)OCC(C)(C)NS(=O)(=O)c1cnc2cccnn12. The minimum atomic E-state index is -3.74. The van der Waals surface area contributed by atoms with Crippen molar-refractivity contribution in [3.63, 3.8) is 0 Å². The summed E-state index contributed by atoms with van der Waals surface area (Å²) in [5.41, 5.74) is -0.253. The first-order valence-corrected chi connectivity index (χ1v) is 8.14. The highest BCUT2D eigenvalue weighted by Crippen LogP contribution is 2.14. The zero-order valence-corrected chi connectivity index (χ0v) is 13.4. The second-order valence-electron chi connectivity index (χ2n) is 5.74. The summed E-state index contributed by atoms with van der Waals surface area (Å²) in [5.74, 6) is 0. The van der Waals surface area contributed by atoms with Crippen molar-refractivity contribution in [2.24, 2.45) is 0 Å². The second-order valence-corrected chi connectivity index (χ2v) is 7.37. The minimum absolute atomic E-state index is 0.00993. The van der Waals surface area contributed by atoms with Gasteiger partial charge in [-0.05, 0) is 39.8 Å². The number of fused-ring (bicyclic) bond motifs is 1. The molecule has 1 N–H and O–H groups in total. The van der Waals surface area contributed by atoms with Crippen molar-refractivity contribution in [2.45, 2.75) is 44.4 Å². The number of nitrogens with one attached hydrogen (secondary N) is 1. The third-order valence-corrected chi connectivity index (χ3v) is 4.36. The molecule has 0 unspecified atom stereocenters. The molecule has 2 heterocycles. The zero-order chi connectivity index (χ0) is 15.7. The second kappa shape index (κ2) is 5.70. The van der Waals surface area contributed by atoms with E-state index in [0.29, 0.717) is 5.65 Å². The van der Waals surface area contributed by atoms with Gasteiger partial charge >= 0.3 is 0 Å². The van der Waals surface area contributed by atoms with Crippen molar-refractivity contribution < 1.29 is 13.2 Å². The molecule has 2 aromatic heterocycles. The van der Waals surface area contributed by atoms with Gasteiger partial charge in [0, 0.05) is 6.20 Å². The predicted molar refractivity (Wildman–Crippen MR) is 78.5 cm³/mol. The van der Waals surface area contributed by atoms with Crippen LogP contribution in [0.5, 0.6) is 0 Å². The smallest absolute Gasteiger partial charge is 0.260 e. The molecule has 0 aromatic carbocycles. The summed E-state index contributed by atoms with van der Waals surface area (Å²) in [5, 5.41) is 4.03. The van der Waals surface area contributed by atoms with Crippen LogP contribution >= 0.6 is 0 Å². The molecule has 0 atom stereocenters. The summed E-state index contributed by atoms with van der Waals surface area (Å²) < 4.78 is 34.4. The van der Waals surface area contributed by atoms with Crippen molar-refractivity contribution in [1.82, 2.24) is 19.3 Å². The summed E-state index contributed by atoms with van der Waals surface area (Å²) in [6.07, 6.45) is 2.84. The van der Waals surface area contributed by atoms with Gasteiger partial charge in [0.1, 0.15) is 0 Å². The van der Waals surface area contributed by atoms with Gasteiger partial charge in [-0.1, -0.05) is 0 Å². The number of ether oxygens (including phenoxy) is 1. The predicted octanol–water partition coefficient (Wildman–Crippen LogP) is 1.21. The van der Waals surface area contributed by atoms with Gasteiger partial charge in [-0.3, -0.25) is 0 Å². The van der Waals surface area contributed by atoms with Crippen LogP contribution in [-0.4, -0.2) is 41.3 Å². The van der Waals surface area contributed by atoms with Crippen LogP contribution in [0.4, 0.5) is 0 Å². The molecule has 21 heavy (non-hydrogen) atoms. The summed E-state index contributed by atoms with van der Waals surface area (Å²) >= 11 is 0. The van der Waals surface area contributed by atoms with Crippen LogP contribution in [0, 0.1) is 0 Å². The molecule has 2 rings (SSSR count). The molecule has 0 amide bonds. The fraction of sp³-hybridized carbons (Fsp3) is 0.538. The van der Waals surface area contributed by atoms with Gasteiger partial charge in [-0.25, -0.2) is 22.6 Å². The first-order valence-electron chi connectivity index (χ1n) is 6.66. The molecular weight excluding hydrogens is 292 g/mol. The molecule has 0 spiro atoms. The third kappa shape index (κ3) is 3.78. The molecule has 0 aliphatic carbocycles. The Morgan fingerprint density at radius 1 is 1.43 bits per heavy atom. The van der Waals surface area contributed by atoms with Crippen LogP contribution < -0.4 is 4.72 Å². The Morgan fingerprint density at radius 2 is 2.14 bits per heavy atom. The minimum Gasteiger partial charge on any atom is -0.377 e.